The Kier molecular flexibility index (Phi) is 8.48. The Labute approximate surface area is 185 Å². The summed E-state index contributed by atoms with van der Waals surface area (Å²) in [7, 11) is 0. The molecule has 0 aliphatic carbocycles. The minimum Gasteiger partial charge on any atom is -0.350 e. The highest BCUT2D eigenvalue weighted by Crippen LogP contribution is 2.20. The van der Waals surface area contributed by atoms with E-state index in [0.29, 0.717) is 24.4 Å². The molecule has 1 atom stereocenters. The molecule has 162 valence electrons. The normalized spacial score (nSPS) is 12.3. The first kappa shape index (κ1) is 23.9. The van der Waals surface area contributed by atoms with E-state index in [-0.39, 0.29) is 17.4 Å². The van der Waals surface area contributed by atoms with Gasteiger partial charge in [-0.3, -0.25) is 9.59 Å². The van der Waals surface area contributed by atoms with E-state index in [1.165, 1.54) is 5.56 Å². The summed E-state index contributed by atoms with van der Waals surface area (Å²) in [5, 5.41) is 3.57. The minimum absolute atomic E-state index is 0.0638. The van der Waals surface area contributed by atoms with Crippen molar-refractivity contribution in [3.63, 3.8) is 0 Å². The van der Waals surface area contributed by atoms with Gasteiger partial charge in [0.05, 0.1) is 0 Å². The number of nitrogens with zero attached hydrogens (tertiary/aromatic N) is 1. The molecule has 0 radical (unpaired) electrons. The number of hydrogen-bond acceptors (Lipinski definition) is 2. The highest BCUT2D eigenvalue weighted by molar-refractivity contribution is 6.31. The quantitative estimate of drug-likeness (QED) is 0.630. The smallest absolute Gasteiger partial charge is 0.242 e. The lowest BCUT2D eigenvalue weighted by atomic mass is 10.0. The zero-order chi connectivity index (χ0) is 22.3. The Morgan fingerprint density at radius 1 is 1.03 bits per heavy atom. The second-order valence-corrected chi connectivity index (χ2v) is 9.11. The van der Waals surface area contributed by atoms with Gasteiger partial charge in [0, 0.05) is 23.5 Å². The summed E-state index contributed by atoms with van der Waals surface area (Å²) in [5.74, 6) is -0.235. The lowest BCUT2D eigenvalue weighted by molar-refractivity contribution is -0.141. The Bertz CT molecular complexity index is 856. The van der Waals surface area contributed by atoms with Crippen LogP contribution < -0.4 is 5.32 Å². The third-order valence-corrected chi connectivity index (χ3v) is 5.39. The second kappa shape index (κ2) is 10.6. The van der Waals surface area contributed by atoms with E-state index < -0.39 is 6.04 Å². The van der Waals surface area contributed by atoms with Gasteiger partial charge in [-0.2, -0.15) is 0 Å². The summed E-state index contributed by atoms with van der Waals surface area (Å²) in [6.07, 6.45) is 1.96. The van der Waals surface area contributed by atoms with E-state index in [9.17, 15) is 9.59 Å². The molecule has 0 fully saturated rings. The SMILES string of the molecule is CCc1ccc(CCC(=O)N(Cc2ccccc2Cl)[C@@H](C)C(=O)NC(C)(C)C)cc1. The van der Waals surface area contributed by atoms with Crippen molar-refractivity contribution >= 4 is 23.4 Å². The van der Waals surface area contributed by atoms with Gasteiger partial charge in [0.1, 0.15) is 6.04 Å². The van der Waals surface area contributed by atoms with E-state index in [4.69, 9.17) is 11.6 Å². The zero-order valence-electron chi connectivity index (χ0n) is 18.7. The lowest BCUT2D eigenvalue weighted by Crippen LogP contribution is -2.52. The minimum atomic E-state index is -0.601. The van der Waals surface area contributed by atoms with Crippen molar-refractivity contribution in [2.45, 2.75) is 72.0 Å². The molecule has 0 aromatic heterocycles. The van der Waals surface area contributed by atoms with Crippen LogP contribution in [0.2, 0.25) is 5.02 Å². The van der Waals surface area contributed by atoms with Gasteiger partial charge >= 0.3 is 0 Å². The summed E-state index contributed by atoms with van der Waals surface area (Å²) in [6, 6.07) is 15.2. The molecule has 0 unspecified atom stereocenters. The van der Waals surface area contributed by atoms with Crippen LogP contribution in [0.15, 0.2) is 48.5 Å². The molecule has 0 saturated carbocycles. The fraction of sp³-hybridized carbons (Fsp3) is 0.440. The van der Waals surface area contributed by atoms with Gasteiger partial charge in [0.15, 0.2) is 0 Å². The number of benzene rings is 2. The van der Waals surface area contributed by atoms with Crippen LogP contribution >= 0.6 is 11.6 Å². The standard InChI is InChI=1S/C25H33ClN2O2/c1-6-19-11-13-20(14-12-19)15-16-23(29)28(17-21-9-7-8-10-22(21)26)18(2)24(30)27-25(3,4)5/h7-14,18H,6,15-17H2,1-5H3,(H,27,30)/t18-/m0/s1. The third-order valence-electron chi connectivity index (χ3n) is 5.02. The van der Waals surface area contributed by atoms with Crippen LogP contribution in [0.25, 0.3) is 0 Å². The molecule has 0 heterocycles. The van der Waals surface area contributed by atoms with Crippen molar-refractivity contribution in [3.8, 4) is 0 Å². The van der Waals surface area contributed by atoms with Crippen LogP contribution in [0.1, 0.15) is 57.7 Å². The van der Waals surface area contributed by atoms with E-state index >= 15 is 0 Å². The number of rotatable bonds is 8. The summed E-state index contributed by atoms with van der Waals surface area (Å²) in [5.41, 5.74) is 2.85. The molecule has 0 aliphatic heterocycles. The van der Waals surface area contributed by atoms with Gasteiger partial charge in [-0.1, -0.05) is 61.0 Å². The largest absolute Gasteiger partial charge is 0.350 e. The summed E-state index contributed by atoms with van der Waals surface area (Å²) >= 11 is 6.33. The van der Waals surface area contributed by atoms with Crippen LogP contribution in [0, 0.1) is 0 Å². The molecular formula is C25H33ClN2O2. The summed E-state index contributed by atoms with van der Waals surface area (Å²) < 4.78 is 0. The molecule has 2 aromatic carbocycles. The molecule has 2 aromatic rings. The van der Waals surface area contributed by atoms with Gasteiger partial charge in [-0.25, -0.2) is 0 Å². The summed E-state index contributed by atoms with van der Waals surface area (Å²) in [6.45, 7) is 9.97. The Morgan fingerprint density at radius 3 is 2.20 bits per heavy atom. The first-order valence-corrected chi connectivity index (χ1v) is 10.9. The average molecular weight is 429 g/mol. The third kappa shape index (κ3) is 7.17. The maximum Gasteiger partial charge on any atom is 0.242 e. The van der Waals surface area contributed by atoms with Gasteiger partial charge in [-0.15, -0.1) is 0 Å². The molecule has 0 bridgehead atoms. The molecule has 0 aliphatic rings. The molecule has 1 N–H and O–H groups in total. The monoisotopic (exact) mass is 428 g/mol. The number of halogens is 1. The predicted molar refractivity (Wildman–Crippen MR) is 124 cm³/mol. The average Bonchev–Trinajstić information content (AvgIpc) is 2.70. The van der Waals surface area contributed by atoms with E-state index in [1.807, 2.05) is 39.0 Å². The van der Waals surface area contributed by atoms with Crippen LogP contribution in [0.3, 0.4) is 0 Å². The number of carbonyl (C=O) groups excluding carboxylic acids is 2. The van der Waals surface area contributed by atoms with Crippen molar-refractivity contribution in [2.75, 3.05) is 0 Å². The van der Waals surface area contributed by atoms with Crippen molar-refractivity contribution < 1.29 is 9.59 Å². The predicted octanol–water partition coefficient (Wildman–Crippen LogP) is 5.17. The fourth-order valence-electron chi connectivity index (χ4n) is 3.20. The first-order chi connectivity index (χ1) is 14.1. The van der Waals surface area contributed by atoms with Crippen LogP contribution in [0.5, 0.6) is 0 Å². The molecule has 0 saturated heterocycles. The maximum absolute atomic E-state index is 13.2. The molecule has 2 rings (SSSR count). The summed E-state index contributed by atoms with van der Waals surface area (Å²) in [4.78, 5) is 27.6. The molecule has 2 amide bonds. The highest BCUT2D eigenvalue weighted by atomic mass is 35.5. The van der Waals surface area contributed by atoms with Crippen molar-refractivity contribution in [1.82, 2.24) is 10.2 Å². The molecule has 5 heteroatoms. The molecule has 4 nitrogen and oxygen atoms in total. The van der Waals surface area contributed by atoms with Crippen LogP contribution in [-0.4, -0.2) is 28.3 Å². The van der Waals surface area contributed by atoms with E-state index in [1.54, 1.807) is 17.9 Å². The van der Waals surface area contributed by atoms with Gasteiger partial charge in [-0.05, 0) is 63.3 Å². The number of aryl methyl sites for hydroxylation is 2. The van der Waals surface area contributed by atoms with Gasteiger partial charge < -0.3 is 10.2 Å². The first-order valence-electron chi connectivity index (χ1n) is 10.5. The Morgan fingerprint density at radius 2 is 1.63 bits per heavy atom. The topological polar surface area (TPSA) is 49.4 Å². The second-order valence-electron chi connectivity index (χ2n) is 8.70. The van der Waals surface area contributed by atoms with Crippen LogP contribution in [0.4, 0.5) is 0 Å². The van der Waals surface area contributed by atoms with Crippen molar-refractivity contribution in [1.29, 1.82) is 0 Å². The zero-order valence-corrected chi connectivity index (χ0v) is 19.4. The molecular weight excluding hydrogens is 396 g/mol. The van der Waals surface area contributed by atoms with Crippen LogP contribution in [-0.2, 0) is 29.0 Å². The van der Waals surface area contributed by atoms with Crippen molar-refractivity contribution in [2.24, 2.45) is 0 Å². The van der Waals surface area contributed by atoms with E-state index in [2.05, 4.69) is 36.5 Å². The number of carbonyl (C=O) groups is 2. The number of nitrogens with one attached hydrogen (secondary N) is 1. The number of hydrogen-bond donors (Lipinski definition) is 1. The molecule has 0 spiro atoms. The highest BCUT2D eigenvalue weighted by Gasteiger charge is 2.28. The number of amides is 2. The molecule has 30 heavy (non-hydrogen) atoms. The van der Waals surface area contributed by atoms with Gasteiger partial charge in [0.25, 0.3) is 0 Å². The lowest BCUT2D eigenvalue weighted by Gasteiger charge is -2.31. The Hall–Kier alpha value is -2.33. The van der Waals surface area contributed by atoms with Crippen molar-refractivity contribution in [3.05, 3.63) is 70.2 Å². The Balaban J connectivity index is 2.16. The fourth-order valence-corrected chi connectivity index (χ4v) is 3.40. The van der Waals surface area contributed by atoms with Gasteiger partial charge in [0.2, 0.25) is 11.8 Å². The van der Waals surface area contributed by atoms with E-state index in [0.717, 1.165) is 17.5 Å². The maximum atomic E-state index is 13.2.